The maximum absolute atomic E-state index is 11.5. The summed E-state index contributed by atoms with van der Waals surface area (Å²) in [5.74, 6) is -1.00. The van der Waals surface area contributed by atoms with Gasteiger partial charge in [-0.1, -0.05) is 0 Å². The molecule has 0 unspecified atom stereocenters. The molecule has 0 heterocycles. The summed E-state index contributed by atoms with van der Waals surface area (Å²) in [5, 5.41) is 22.7. The molecule has 0 N–H and O–H groups in total. The first kappa shape index (κ1) is 15.2. The average Bonchev–Trinajstić information content (AvgIpc) is 2.48. The Morgan fingerprint density at radius 3 is 1.52 bits per heavy atom. The molecule has 2 aromatic carbocycles. The zero-order valence-corrected chi connectivity index (χ0v) is 14.4. The summed E-state index contributed by atoms with van der Waals surface area (Å²) >= 11 is -2.57. The Kier molecular flexibility index (Phi) is 5.03. The summed E-state index contributed by atoms with van der Waals surface area (Å²) in [7, 11) is 0. The molecule has 0 fully saturated rings. The quantitative estimate of drug-likeness (QED) is 0.444. The third-order valence-corrected chi connectivity index (χ3v) is 4.23. The third kappa shape index (κ3) is 3.87. The van der Waals surface area contributed by atoms with Gasteiger partial charge in [0.15, 0.2) is 0 Å². The normalized spacial score (nSPS) is 9.90. The first-order valence-corrected chi connectivity index (χ1v) is 8.82. The molecular formula is C12H8N2O6Pb. The zero-order chi connectivity index (χ0) is 15.2. The number of hydrogen-bond donors (Lipinski definition) is 0. The van der Waals surface area contributed by atoms with E-state index in [1.165, 1.54) is 48.5 Å². The van der Waals surface area contributed by atoms with Crippen LogP contribution in [0.5, 0.6) is 11.5 Å². The fourth-order valence-corrected chi connectivity index (χ4v) is 2.82. The van der Waals surface area contributed by atoms with E-state index in [4.69, 9.17) is 5.58 Å². The average molecular weight is 483 g/mol. The van der Waals surface area contributed by atoms with Gasteiger partial charge in [-0.05, 0) is 0 Å². The Morgan fingerprint density at radius 1 is 0.762 bits per heavy atom. The van der Waals surface area contributed by atoms with Crippen molar-refractivity contribution in [2.75, 3.05) is 0 Å². The molecule has 0 saturated carbocycles. The van der Waals surface area contributed by atoms with Gasteiger partial charge in [0.1, 0.15) is 0 Å². The van der Waals surface area contributed by atoms with Crippen molar-refractivity contribution in [1.29, 1.82) is 0 Å². The third-order valence-electron chi connectivity index (χ3n) is 2.36. The molecular weight excluding hydrogens is 475 g/mol. The van der Waals surface area contributed by atoms with Gasteiger partial charge in [-0.2, -0.15) is 0 Å². The second kappa shape index (κ2) is 6.97. The van der Waals surface area contributed by atoms with Crippen molar-refractivity contribution in [2.45, 2.75) is 0 Å². The van der Waals surface area contributed by atoms with E-state index >= 15 is 0 Å². The van der Waals surface area contributed by atoms with E-state index in [0.717, 1.165) is 0 Å². The predicted octanol–water partition coefficient (Wildman–Crippen LogP) is 0.752. The summed E-state index contributed by atoms with van der Waals surface area (Å²) in [6, 6.07) is 11.0. The van der Waals surface area contributed by atoms with Gasteiger partial charge in [0.05, 0.1) is 0 Å². The second-order valence-corrected chi connectivity index (χ2v) is 5.78. The van der Waals surface area contributed by atoms with Crippen LogP contribution in [0.1, 0.15) is 0 Å². The molecule has 0 bridgehead atoms. The van der Waals surface area contributed by atoms with Crippen molar-refractivity contribution in [3.8, 4) is 11.5 Å². The van der Waals surface area contributed by atoms with Gasteiger partial charge in [-0.15, -0.1) is 0 Å². The van der Waals surface area contributed by atoms with Gasteiger partial charge >= 0.3 is 132 Å². The molecule has 8 nitrogen and oxygen atoms in total. The molecule has 106 valence electrons. The van der Waals surface area contributed by atoms with Crippen LogP contribution in [0.15, 0.2) is 48.5 Å². The topological polar surface area (TPSA) is 105 Å². The maximum atomic E-state index is 11.5. The van der Waals surface area contributed by atoms with Gasteiger partial charge in [-0.25, -0.2) is 0 Å². The minimum absolute atomic E-state index is 0.0301. The number of benzene rings is 2. The van der Waals surface area contributed by atoms with Crippen LogP contribution in [0.25, 0.3) is 0 Å². The summed E-state index contributed by atoms with van der Waals surface area (Å²) in [5.41, 5.74) is -0.398. The molecule has 2 aromatic rings. The van der Waals surface area contributed by atoms with Crippen LogP contribution < -0.4 is 10.2 Å². The van der Waals surface area contributed by atoms with Gasteiger partial charge in [-0.3, -0.25) is 0 Å². The summed E-state index contributed by atoms with van der Waals surface area (Å²) in [6.07, 6.45) is 0. The van der Waals surface area contributed by atoms with Gasteiger partial charge in [0, 0.05) is 0 Å². The Bertz CT molecular complexity index is 621. The minimum atomic E-state index is -2.57. The van der Waals surface area contributed by atoms with Gasteiger partial charge in [0.25, 0.3) is 0 Å². The predicted molar refractivity (Wildman–Crippen MR) is 66.3 cm³/mol. The molecule has 0 spiro atoms. The van der Waals surface area contributed by atoms with Crippen LogP contribution in [0.3, 0.4) is 0 Å². The molecule has 0 amide bonds. The number of rotatable bonds is 6. The Labute approximate surface area is 132 Å². The fourth-order valence-electron chi connectivity index (χ4n) is 1.40. The molecule has 0 saturated heterocycles. The van der Waals surface area contributed by atoms with Crippen LogP contribution in [0, 0.1) is 9.81 Å². The molecule has 21 heavy (non-hydrogen) atoms. The molecule has 2 radical (unpaired) electrons. The van der Waals surface area contributed by atoms with Crippen molar-refractivity contribution in [3.63, 3.8) is 0 Å². The Hall–Kier alpha value is -2.24. The van der Waals surface area contributed by atoms with E-state index in [1.54, 1.807) is 0 Å². The fraction of sp³-hybridized carbons (Fsp3) is 0. The number of nitrogens with zero attached hydrogens (tertiary/aromatic N) is 2. The molecule has 0 aromatic heterocycles. The number of hydrogen-bond acceptors (Lipinski definition) is 6. The summed E-state index contributed by atoms with van der Waals surface area (Å²) in [6.45, 7) is 0. The Balaban J connectivity index is 1.90. The second-order valence-electron chi connectivity index (χ2n) is 3.72. The first-order valence-electron chi connectivity index (χ1n) is 5.65. The van der Waals surface area contributed by atoms with Crippen molar-refractivity contribution in [1.82, 2.24) is 0 Å². The van der Waals surface area contributed by atoms with Crippen molar-refractivity contribution in [2.24, 2.45) is 0 Å². The van der Waals surface area contributed by atoms with Crippen molar-refractivity contribution >= 4 is 36.5 Å². The molecule has 0 atom stereocenters. The van der Waals surface area contributed by atoms with Crippen LogP contribution in [-0.2, 0) is 5.58 Å². The van der Waals surface area contributed by atoms with E-state index in [2.05, 4.69) is 0 Å². The van der Waals surface area contributed by atoms with E-state index in [0.29, 0.717) is 0 Å². The van der Waals surface area contributed by atoms with Crippen LogP contribution in [0.2, 0.25) is 0 Å². The van der Waals surface area contributed by atoms with E-state index < -0.39 is 36.6 Å². The summed E-state index contributed by atoms with van der Waals surface area (Å²) in [4.78, 5) is 23.1. The van der Waals surface area contributed by atoms with Crippen LogP contribution >= 0.6 is 0 Å². The van der Waals surface area contributed by atoms with Crippen molar-refractivity contribution < 1.29 is 25.6 Å². The van der Waals surface area contributed by atoms with Crippen LogP contribution in [-0.4, -0.2) is 35.0 Å². The van der Waals surface area contributed by atoms with Gasteiger partial charge in [0.2, 0.25) is 0 Å². The van der Waals surface area contributed by atoms with Crippen LogP contribution in [0.4, 0.5) is 11.4 Å². The molecule has 2 rings (SSSR count). The van der Waals surface area contributed by atoms with E-state index in [9.17, 15) is 20.0 Å². The summed E-state index contributed by atoms with van der Waals surface area (Å²) < 4.78 is 9.49. The first-order chi connectivity index (χ1) is 10.1. The monoisotopic (exact) mass is 484 g/mol. The molecule has 0 aliphatic carbocycles. The van der Waals surface area contributed by atoms with E-state index in [1.807, 2.05) is 0 Å². The number of para-hydroxylation sites is 4. The van der Waals surface area contributed by atoms with Gasteiger partial charge < -0.3 is 0 Å². The molecule has 0 aliphatic heterocycles. The SMILES string of the molecule is O=[N+]([O][Pb][O][N+](=O)c1ccccc1[O-])c1ccccc1[O-]. The van der Waals surface area contributed by atoms with Crippen molar-refractivity contribution in [3.05, 3.63) is 58.3 Å². The standard InChI is InChI=1S/2C6H5NO3.Pb/c2*8-6-4-2-1-3-5(6)7(9)10;/h2*1-4,8H;/q;;+2/p-2. The zero-order valence-electron chi connectivity index (χ0n) is 10.5. The van der Waals surface area contributed by atoms with E-state index in [-0.39, 0.29) is 21.2 Å². The Morgan fingerprint density at radius 2 is 1.14 bits per heavy atom. The molecule has 0 aliphatic rings. The molecule has 9 heteroatoms.